The number of aliphatic carboxylic acids is 1. The Hall–Kier alpha value is -2.05. The summed E-state index contributed by atoms with van der Waals surface area (Å²) in [4.78, 5) is 22.5. The lowest BCUT2D eigenvalue weighted by atomic mass is 9.82. The molecule has 0 radical (unpaired) electrons. The number of nitrogens with one attached hydrogen (secondary N) is 2. The fourth-order valence-electron chi connectivity index (χ4n) is 2.59. The van der Waals surface area contributed by atoms with E-state index in [1.54, 1.807) is 13.0 Å². The molecule has 1 aromatic heterocycles. The van der Waals surface area contributed by atoms with Gasteiger partial charge in [0.15, 0.2) is 0 Å². The lowest BCUT2D eigenvalue weighted by molar-refractivity contribution is -0.143. The molecular weight excluding hydrogens is 274 g/mol. The molecule has 7 nitrogen and oxygen atoms in total. The van der Waals surface area contributed by atoms with Crippen molar-refractivity contribution in [3.63, 3.8) is 0 Å². The van der Waals surface area contributed by atoms with Crippen LogP contribution in [0, 0.1) is 18.8 Å². The Morgan fingerprint density at radius 1 is 1.33 bits per heavy atom. The van der Waals surface area contributed by atoms with Crippen LogP contribution >= 0.6 is 0 Å². The Balaban J connectivity index is 1.62. The van der Waals surface area contributed by atoms with Gasteiger partial charge in [-0.3, -0.25) is 4.79 Å². The topological polar surface area (TPSA) is 104 Å². The molecule has 1 aliphatic rings. The summed E-state index contributed by atoms with van der Waals surface area (Å²) in [5.74, 6) is 0.149. The third kappa shape index (κ3) is 4.77. The molecule has 1 fully saturated rings. The van der Waals surface area contributed by atoms with Crippen molar-refractivity contribution < 1.29 is 19.2 Å². The molecule has 0 saturated heterocycles. The summed E-state index contributed by atoms with van der Waals surface area (Å²) in [6, 6.07) is 1.53. The molecule has 0 bridgehead atoms. The maximum absolute atomic E-state index is 11.7. The van der Waals surface area contributed by atoms with Crippen molar-refractivity contribution in [1.82, 2.24) is 15.8 Å². The number of hydrogen-bond acceptors (Lipinski definition) is 4. The molecule has 21 heavy (non-hydrogen) atoms. The first-order valence-corrected chi connectivity index (χ1v) is 7.21. The second kappa shape index (κ2) is 7.10. The highest BCUT2D eigenvalue weighted by Crippen LogP contribution is 2.28. The number of aryl methyl sites for hydroxylation is 1. The van der Waals surface area contributed by atoms with Crippen LogP contribution in [0.25, 0.3) is 0 Å². The van der Waals surface area contributed by atoms with Crippen molar-refractivity contribution in [2.75, 3.05) is 6.54 Å². The van der Waals surface area contributed by atoms with Crippen molar-refractivity contribution in [3.8, 4) is 0 Å². The summed E-state index contributed by atoms with van der Waals surface area (Å²) in [6.07, 6.45) is 3.09. The van der Waals surface area contributed by atoms with E-state index in [0.717, 1.165) is 12.8 Å². The highest BCUT2D eigenvalue weighted by atomic mass is 16.5. The third-order valence-corrected chi connectivity index (χ3v) is 3.85. The zero-order valence-electron chi connectivity index (χ0n) is 12.1. The quantitative estimate of drug-likeness (QED) is 0.766. The zero-order chi connectivity index (χ0) is 15.2. The standard InChI is InChI=1S/C14H21N3O4/c1-9-6-12(17-21-9)8-16-14(20)15-7-10-2-4-11(5-3-10)13(18)19/h6,10-11H,2-5,7-8H2,1H3,(H,18,19)(H2,15,16,20). The summed E-state index contributed by atoms with van der Waals surface area (Å²) in [5.41, 5.74) is 0.685. The number of carbonyl (C=O) groups excluding carboxylic acids is 1. The number of hydrogen-bond donors (Lipinski definition) is 3. The SMILES string of the molecule is Cc1cc(CNC(=O)NCC2CCC(C(=O)O)CC2)no1. The van der Waals surface area contributed by atoms with Crippen LogP contribution in [-0.2, 0) is 11.3 Å². The lowest BCUT2D eigenvalue weighted by Gasteiger charge is -2.26. The maximum Gasteiger partial charge on any atom is 0.315 e. The number of urea groups is 1. The molecule has 7 heteroatoms. The van der Waals surface area contributed by atoms with Gasteiger partial charge in [0, 0.05) is 12.6 Å². The first-order chi connectivity index (χ1) is 10.0. The molecule has 1 aliphatic carbocycles. The molecule has 0 aliphatic heterocycles. The minimum absolute atomic E-state index is 0.217. The molecule has 116 valence electrons. The van der Waals surface area contributed by atoms with Crippen molar-refractivity contribution in [1.29, 1.82) is 0 Å². The summed E-state index contributed by atoms with van der Waals surface area (Å²) in [6.45, 7) is 2.70. The Bertz CT molecular complexity index is 492. The highest BCUT2D eigenvalue weighted by molar-refractivity contribution is 5.73. The average Bonchev–Trinajstić information content (AvgIpc) is 2.89. The molecule has 1 saturated carbocycles. The number of nitrogens with zero attached hydrogens (tertiary/aromatic N) is 1. The first-order valence-electron chi connectivity index (χ1n) is 7.21. The summed E-state index contributed by atoms with van der Waals surface area (Å²) >= 11 is 0. The van der Waals surface area contributed by atoms with E-state index in [9.17, 15) is 9.59 Å². The van der Waals surface area contributed by atoms with E-state index in [0.29, 0.717) is 43.3 Å². The Labute approximate surface area is 123 Å². The summed E-state index contributed by atoms with van der Waals surface area (Å²) < 4.78 is 4.91. The normalized spacial score (nSPS) is 21.8. The van der Waals surface area contributed by atoms with Gasteiger partial charge in [-0.15, -0.1) is 0 Å². The lowest BCUT2D eigenvalue weighted by Crippen LogP contribution is -2.39. The molecule has 3 N–H and O–H groups in total. The number of aromatic nitrogens is 1. The van der Waals surface area contributed by atoms with E-state index in [1.807, 2.05) is 0 Å². The van der Waals surface area contributed by atoms with Gasteiger partial charge in [0.2, 0.25) is 0 Å². The smallest absolute Gasteiger partial charge is 0.315 e. The van der Waals surface area contributed by atoms with Crippen molar-refractivity contribution >= 4 is 12.0 Å². The highest BCUT2D eigenvalue weighted by Gasteiger charge is 2.25. The molecule has 0 atom stereocenters. The van der Waals surface area contributed by atoms with Crippen molar-refractivity contribution in [2.24, 2.45) is 11.8 Å². The summed E-state index contributed by atoms with van der Waals surface area (Å²) in [5, 5.41) is 18.2. The van der Waals surface area contributed by atoms with Crippen LogP contribution in [-0.4, -0.2) is 28.8 Å². The van der Waals surface area contributed by atoms with E-state index in [-0.39, 0.29) is 11.9 Å². The van der Waals surface area contributed by atoms with Crippen LogP contribution in [0.5, 0.6) is 0 Å². The Morgan fingerprint density at radius 2 is 2.05 bits per heavy atom. The predicted octanol–water partition coefficient (Wildman–Crippen LogP) is 1.67. The number of carbonyl (C=O) groups is 2. The number of carboxylic acid groups (broad SMARTS) is 1. The molecule has 2 amide bonds. The maximum atomic E-state index is 11.7. The van der Waals surface area contributed by atoms with E-state index in [1.165, 1.54) is 0 Å². The fourth-order valence-corrected chi connectivity index (χ4v) is 2.59. The molecule has 0 spiro atoms. The molecule has 0 unspecified atom stereocenters. The van der Waals surface area contributed by atoms with Gasteiger partial charge in [-0.1, -0.05) is 5.16 Å². The van der Waals surface area contributed by atoms with Gasteiger partial charge in [0.25, 0.3) is 0 Å². The van der Waals surface area contributed by atoms with Crippen LogP contribution in [0.4, 0.5) is 4.79 Å². The van der Waals surface area contributed by atoms with Crippen molar-refractivity contribution in [2.45, 2.75) is 39.2 Å². The van der Waals surface area contributed by atoms with Gasteiger partial charge in [-0.2, -0.15) is 0 Å². The van der Waals surface area contributed by atoms with Gasteiger partial charge < -0.3 is 20.3 Å². The van der Waals surface area contributed by atoms with Crippen LogP contribution in [0.15, 0.2) is 10.6 Å². The van der Waals surface area contributed by atoms with Gasteiger partial charge in [-0.25, -0.2) is 4.79 Å². The van der Waals surface area contributed by atoms with Crippen LogP contribution in [0.2, 0.25) is 0 Å². The van der Waals surface area contributed by atoms with Gasteiger partial charge >= 0.3 is 12.0 Å². The number of carboxylic acids is 1. The van der Waals surface area contributed by atoms with Gasteiger partial charge in [-0.05, 0) is 38.5 Å². The minimum Gasteiger partial charge on any atom is -0.481 e. The zero-order valence-corrected chi connectivity index (χ0v) is 12.1. The van der Waals surface area contributed by atoms with Crippen molar-refractivity contribution in [3.05, 3.63) is 17.5 Å². The first kappa shape index (κ1) is 15.3. The Morgan fingerprint density at radius 3 is 2.62 bits per heavy atom. The van der Waals surface area contributed by atoms with E-state index < -0.39 is 5.97 Å². The monoisotopic (exact) mass is 295 g/mol. The van der Waals surface area contributed by atoms with E-state index >= 15 is 0 Å². The predicted molar refractivity (Wildman–Crippen MR) is 74.6 cm³/mol. The average molecular weight is 295 g/mol. The third-order valence-electron chi connectivity index (χ3n) is 3.85. The van der Waals surface area contributed by atoms with Gasteiger partial charge in [0.1, 0.15) is 11.5 Å². The fraction of sp³-hybridized carbons (Fsp3) is 0.643. The second-order valence-corrected chi connectivity index (χ2v) is 5.55. The number of amides is 2. The largest absolute Gasteiger partial charge is 0.481 e. The molecule has 2 rings (SSSR count). The van der Waals surface area contributed by atoms with E-state index in [4.69, 9.17) is 9.63 Å². The number of rotatable bonds is 5. The molecule has 1 aromatic rings. The van der Waals surface area contributed by atoms with Gasteiger partial charge in [0.05, 0.1) is 12.5 Å². The van der Waals surface area contributed by atoms with Crippen LogP contribution < -0.4 is 10.6 Å². The summed E-state index contributed by atoms with van der Waals surface area (Å²) in [7, 11) is 0. The van der Waals surface area contributed by atoms with Crippen LogP contribution in [0.1, 0.15) is 37.1 Å². The molecule has 1 heterocycles. The molecular formula is C14H21N3O4. The Kier molecular flexibility index (Phi) is 5.19. The van der Waals surface area contributed by atoms with Crippen LogP contribution in [0.3, 0.4) is 0 Å². The minimum atomic E-state index is -0.706. The second-order valence-electron chi connectivity index (χ2n) is 5.55. The van der Waals surface area contributed by atoms with E-state index in [2.05, 4.69) is 15.8 Å². The molecule has 0 aromatic carbocycles.